The van der Waals surface area contributed by atoms with E-state index in [-0.39, 0.29) is 23.1 Å². The Morgan fingerprint density at radius 3 is 1.92 bits per heavy atom. The van der Waals surface area contributed by atoms with Crippen molar-refractivity contribution in [3.8, 4) is 16.9 Å². The van der Waals surface area contributed by atoms with E-state index in [2.05, 4.69) is 33.0 Å². The number of phenolic OH excluding ortho intramolecular Hbond substituents is 1. The second-order valence-corrected chi connectivity index (χ2v) is 6.79. The summed E-state index contributed by atoms with van der Waals surface area (Å²) in [7, 11) is 0. The summed E-state index contributed by atoms with van der Waals surface area (Å²) in [5.41, 5.74) is 4.02. The summed E-state index contributed by atoms with van der Waals surface area (Å²) in [6.07, 6.45) is 0. The minimum atomic E-state index is -0.450. The highest BCUT2D eigenvalue weighted by Crippen LogP contribution is 2.43. The number of rotatable bonds is 3. The van der Waals surface area contributed by atoms with Gasteiger partial charge in [0, 0.05) is 5.56 Å². The molecule has 1 aliphatic rings. The van der Waals surface area contributed by atoms with E-state index in [0.717, 1.165) is 16.7 Å². The van der Waals surface area contributed by atoms with Crippen LogP contribution in [0, 0.1) is 0 Å². The van der Waals surface area contributed by atoms with Gasteiger partial charge in [-0.15, -0.1) is 0 Å². The lowest BCUT2D eigenvalue weighted by molar-refractivity contribution is 0.0879. The second kappa shape index (κ2) is 5.78. The van der Waals surface area contributed by atoms with Crippen molar-refractivity contribution in [2.24, 2.45) is 0 Å². The Morgan fingerprint density at radius 2 is 1.38 bits per heavy atom. The molecule has 0 spiro atoms. The molecule has 124 valence electrons. The topological polar surface area (TPSA) is 66.4 Å². The van der Waals surface area contributed by atoms with Gasteiger partial charge in [-0.1, -0.05) is 45.9 Å². The molecule has 24 heavy (non-hydrogen) atoms. The van der Waals surface area contributed by atoms with E-state index < -0.39 is 11.8 Å². The van der Waals surface area contributed by atoms with Gasteiger partial charge in [0.15, 0.2) is 0 Å². The number of imide groups is 1. The molecule has 0 bridgehead atoms. The molecule has 4 heteroatoms. The Hall–Kier alpha value is -2.62. The highest BCUT2D eigenvalue weighted by molar-refractivity contribution is 6.24. The Balaban J connectivity index is 2.44. The summed E-state index contributed by atoms with van der Waals surface area (Å²) >= 11 is 0. The normalized spacial score (nSPS) is 13.6. The fraction of sp³-hybridized carbons (Fsp3) is 0.300. The van der Waals surface area contributed by atoms with E-state index in [1.807, 2.05) is 18.2 Å². The maximum atomic E-state index is 12.3. The van der Waals surface area contributed by atoms with Gasteiger partial charge in [0.2, 0.25) is 0 Å². The van der Waals surface area contributed by atoms with Crippen molar-refractivity contribution in [2.45, 2.75) is 39.5 Å². The average Bonchev–Trinajstić information content (AvgIpc) is 2.81. The molecule has 0 fully saturated rings. The van der Waals surface area contributed by atoms with Crippen molar-refractivity contribution < 1.29 is 14.7 Å². The zero-order valence-electron chi connectivity index (χ0n) is 14.3. The van der Waals surface area contributed by atoms with Crippen LogP contribution in [0.25, 0.3) is 11.1 Å². The number of hydrogen-bond donors (Lipinski definition) is 2. The maximum Gasteiger partial charge on any atom is 0.259 e. The quantitative estimate of drug-likeness (QED) is 0.832. The van der Waals surface area contributed by atoms with Crippen molar-refractivity contribution in [3.05, 3.63) is 52.6 Å². The van der Waals surface area contributed by atoms with Crippen LogP contribution in [-0.2, 0) is 0 Å². The summed E-state index contributed by atoms with van der Waals surface area (Å²) in [6.45, 7) is 8.31. The number of hydrogen-bond acceptors (Lipinski definition) is 3. The average molecular weight is 323 g/mol. The van der Waals surface area contributed by atoms with Crippen molar-refractivity contribution in [3.63, 3.8) is 0 Å². The van der Waals surface area contributed by atoms with Gasteiger partial charge < -0.3 is 5.11 Å². The maximum absolute atomic E-state index is 12.3. The number of fused-ring (bicyclic) bond motifs is 1. The molecular weight excluding hydrogens is 302 g/mol. The minimum absolute atomic E-state index is 0.0219. The molecule has 0 radical (unpaired) electrons. The molecular formula is C20H21NO3. The van der Waals surface area contributed by atoms with Crippen molar-refractivity contribution in [1.82, 2.24) is 5.32 Å². The molecule has 4 nitrogen and oxygen atoms in total. The van der Waals surface area contributed by atoms with E-state index in [1.54, 1.807) is 0 Å². The molecule has 0 aromatic heterocycles. The van der Waals surface area contributed by atoms with E-state index in [9.17, 15) is 14.7 Å². The molecule has 0 saturated carbocycles. The van der Waals surface area contributed by atoms with Crippen LogP contribution in [0.1, 0.15) is 71.4 Å². The largest absolute Gasteiger partial charge is 0.507 e. The van der Waals surface area contributed by atoms with Gasteiger partial charge in [0.1, 0.15) is 5.75 Å². The summed E-state index contributed by atoms with van der Waals surface area (Å²) in [6, 6.07) is 9.02. The minimum Gasteiger partial charge on any atom is -0.507 e. The molecule has 3 rings (SSSR count). The van der Waals surface area contributed by atoms with Crippen LogP contribution in [-0.4, -0.2) is 16.9 Å². The van der Waals surface area contributed by atoms with Crippen molar-refractivity contribution in [2.75, 3.05) is 0 Å². The monoisotopic (exact) mass is 323 g/mol. The molecule has 0 atom stereocenters. The fourth-order valence-corrected chi connectivity index (χ4v) is 3.34. The lowest BCUT2D eigenvalue weighted by atomic mass is 9.82. The first-order valence-electron chi connectivity index (χ1n) is 8.17. The van der Waals surface area contributed by atoms with Crippen LogP contribution in [0.3, 0.4) is 0 Å². The number of amides is 2. The van der Waals surface area contributed by atoms with E-state index >= 15 is 0 Å². The summed E-state index contributed by atoms with van der Waals surface area (Å²) in [5.74, 6) is -0.407. The Labute approximate surface area is 141 Å². The van der Waals surface area contributed by atoms with Gasteiger partial charge in [-0.3, -0.25) is 14.9 Å². The van der Waals surface area contributed by atoms with E-state index in [4.69, 9.17) is 0 Å². The first kappa shape index (κ1) is 16.2. The van der Waals surface area contributed by atoms with Gasteiger partial charge in [0.25, 0.3) is 11.8 Å². The van der Waals surface area contributed by atoms with Gasteiger partial charge in [-0.05, 0) is 40.7 Å². The Kier molecular flexibility index (Phi) is 3.91. The highest BCUT2D eigenvalue weighted by atomic mass is 16.3. The number of carbonyl (C=O) groups excluding carboxylic acids is 2. The zero-order chi connectivity index (χ0) is 17.6. The van der Waals surface area contributed by atoms with Gasteiger partial charge in [-0.2, -0.15) is 0 Å². The zero-order valence-corrected chi connectivity index (χ0v) is 14.3. The molecule has 0 aliphatic carbocycles. The van der Waals surface area contributed by atoms with Crippen molar-refractivity contribution in [1.29, 1.82) is 0 Å². The SMILES string of the molecule is CC(C)c1cccc(C(C)C)c1-c1c(O)ccc2c1C(=O)NC2=O. The van der Waals surface area contributed by atoms with Crippen LogP contribution in [0.2, 0.25) is 0 Å². The summed E-state index contributed by atoms with van der Waals surface area (Å²) < 4.78 is 0. The van der Waals surface area contributed by atoms with Gasteiger partial charge in [-0.25, -0.2) is 0 Å². The molecule has 2 amide bonds. The second-order valence-electron chi connectivity index (χ2n) is 6.79. The number of aromatic hydroxyl groups is 1. The number of benzene rings is 2. The third-order valence-electron chi connectivity index (χ3n) is 4.51. The predicted octanol–water partition coefficient (Wildman–Crippen LogP) is 4.19. The molecule has 2 aromatic carbocycles. The molecule has 2 aromatic rings. The first-order valence-corrected chi connectivity index (χ1v) is 8.17. The van der Waals surface area contributed by atoms with Gasteiger partial charge >= 0.3 is 0 Å². The third-order valence-corrected chi connectivity index (χ3v) is 4.51. The highest BCUT2D eigenvalue weighted by Gasteiger charge is 2.33. The molecule has 1 aliphatic heterocycles. The Bertz CT molecular complexity index is 824. The van der Waals surface area contributed by atoms with Crippen LogP contribution < -0.4 is 5.32 Å². The fourth-order valence-electron chi connectivity index (χ4n) is 3.34. The standard InChI is InChI=1S/C20H21NO3/c1-10(2)12-6-5-7-13(11(3)4)16(12)18-15(22)9-8-14-17(18)20(24)21-19(14)23/h5-11,22H,1-4H3,(H,21,23,24). The number of nitrogens with one attached hydrogen (secondary N) is 1. The number of phenols is 1. The predicted molar refractivity (Wildman–Crippen MR) is 93.5 cm³/mol. The lowest BCUT2D eigenvalue weighted by Gasteiger charge is -2.21. The lowest BCUT2D eigenvalue weighted by Crippen LogP contribution is -2.20. The molecule has 1 heterocycles. The summed E-state index contributed by atoms with van der Waals surface area (Å²) in [5, 5.41) is 12.9. The van der Waals surface area contributed by atoms with Gasteiger partial charge in [0.05, 0.1) is 11.1 Å². The first-order chi connectivity index (χ1) is 11.3. The molecule has 0 unspecified atom stereocenters. The van der Waals surface area contributed by atoms with E-state index in [1.165, 1.54) is 12.1 Å². The van der Waals surface area contributed by atoms with Crippen LogP contribution in [0.15, 0.2) is 30.3 Å². The number of carbonyl (C=O) groups is 2. The van der Waals surface area contributed by atoms with Crippen LogP contribution >= 0.6 is 0 Å². The third kappa shape index (κ3) is 2.39. The summed E-state index contributed by atoms with van der Waals surface area (Å²) in [4.78, 5) is 24.3. The van der Waals surface area contributed by atoms with Crippen LogP contribution in [0.5, 0.6) is 5.75 Å². The molecule has 2 N–H and O–H groups in total. The van der Waals surface area contributed by atoms with E-state index in [0.29, 0.717) is 11.1 Å². The van der Waals surface area contributed by atoms with Crippen molar-refractivity contribution >= 4 is 11.8 Å². The Morgan fingerprint density at radius 1 is 0.792 bits per heavy atom. The smallest absolute Gasteiger partial charge is 0.259 e. The van der Waals surface area contributed by atoms with Crippen LogP contribution in [0.4, 0.5) is 0 Å². The molecule has 0 saturated heterocycles.